The van der Waals surface area contributed by atoms with Crippen molar-refractivity contribution in [3.63, 3.8) is 0 Å². The van der Waals surface area contributed by atoms with Gasteiger partial charge in [-0.05, 0) is 51.1 Å². The molecule has 23 heavy (non-hydrogen) atoms. The molecule has 2 fully saturated rings. The molecule has 0 saturated carbocycles. The molecule has 5 heteroatoms. The van der Waals surface area contributed by atoms with Gasteiger partial charge in [-0.3, -0.25) is 4.79 Å². The van der Waals surface area contributed by atoms with E-state index in [1.807, 2.05) is 4.90 Å². The average molecular weight is 320 g/mol. The van der Waals surface area contributed by atoms with E-state index in [1.54, 1.807) is 12.1 Å². The van der Waals surface area contributed by atoms with Gasteiger partial charge < -0.3 is 14.5 Å². The molecule has 0 radical (unpaired) electrons. The zero-order valence-corrected chi connectivity index (χ0v) is 13.9. The first-order valence-electron chi connectivity index (χ1n) is 8.30. The first kappa shape index (κ1) is 16.4. The molecule has 0 bridgehead atoms. The van der Waals surface area contributed by atoms with Crippen molar-refractivity contribution in [3.8, 4) is 0 Å². The van der Waals surface area contributed by atoms with Crippen LogP contribution < -0.4 is 0 Å². The van der Waals surface area contributed by atoms with Crippen LogP contribution in [0.2, 0.25) is 0 Å². The topological polar surface area (TPSA) is 32.8 Å². The highest BCUT2D eigenvalue weighted by Crippen LogP contribution is 2.37. The van der Waals surface area contributed by atoms with E-state index >= 15 is 0 Å². The Balaban J connectivity index is 1.54. The maximum atomic E-state index is 13.2. The summed E-state index contributed by atoms with van der Waals surface area (Å²) in [7, 11) is 4.18. The number of hydrogen-bond donors (Lipinski definition) is 0. The highest BCUT2D eigenvalue weighted by molar-refractivity contribution is 5.78. The molecule has 0 aliphatic carbocycles. The highest BCUT2D eigenvalue weighted by Gasteiger charge is 2.43. The molecule has 1 aromatic rings. The summed E-state index contributed by atoms with van der Waals surface area (Å²) in [6.45, 7) is 2.24. The molecule has 126 valence electrons. The van der Waals surface area contributed by atoms with Crippen molar-refractivity contribution in [2.45, 2.75) is 37.3 Å². The fraction of sp³-hybridized carbons (Fsp3) is 0.611. The van der Waals surface area contributed by atoms with Crippen LogP contribution in [0.25, 0.3) is 0 Å². The summed E-state index contributed by atoms with van der Waals surface area (Å²) in [5.41, 5.74) is 0.685. The minimum absolute atomic E-state index is 0.0510. The van der Waals surface area contributed by atoms with E-state index in [2.05, 4.69) is 19.0 Å². The third-order valence-corrected chi connectivity index (χ3v) is 5.19. The van der Waals surface area contributed by atoms with Crippen LogP contribution in [0.15, 0.2) is 24.3 Å². The predicted octanol–water partition coefficient (Wildman–Crippen LogP) is 2.08. The number of ether oxygens (including phenoxy) is 1. The zero-order valence-electron chi connectivity index (χ0n) is 13.9. The molecule has 0 aromatic heterocycles. The van der Waals surface area contributed by atoms with Gasteiger partial charge >= 0.3 is 0 Å². The van der Waals surface area contributed by atoms with Crippen molar-refractivity contribution in [1.82, 2.24) is 9.80 Å². The Kier molecular flexibility index (Phi) is 4.69. The van der Waals surface area contributed by atoms with E-state index < -0.39 is 0 Å². The van der Waals surface area contributed by atoms with Gasteiger partial charge in [0.05, 0.1) is 18.6 Å². The van der Waals surface area contributed by atoms with Crippen LogP contribution in [0.5, 0.6) is 0 Å². The van der Waals surface area contributed by atoms with E-state index in [-0.39, 0.29) is 23.7 Å². The number of hydrogen-bond acceptors (Lipinski definition) is 3. The van der Waals surface area contributed by atoms with E-state index in [1.165, 1.54) is 12.1 Å². The fourth-order valence-corrected chi connectivity index (χ4v) is 3.60. The Morgan fingerprint density at radius 3 is 2.74 bits per heavy atom. The van der Waals surface area contributed by atoms with Crippen molar-refractivity contribution in [1.29, 1.82) is 0 Å². The van der Waals surface area contributed by atoms with Gasteiger partial charge in [0.15, 0.2) is 0 Å². The molecule has 3 rings (SSSR count). The molecule has 2 aliphatic heterocycles. The summed E-state index contributed by atoms with van der Waals surface area (Å²) < 4.78 is 19.3. The number of nitrogens with zero attached hydrogens (tertiary/aromatic N) is 2. The molecule has 1 atom stereocenters. The number of rotatable bonds is 3. The largest absolute Gasteiger partial charge is 0.373 e. The normalized spacial score (nSPS) is 23.7. The second-order valence-corrected chi connectivity index (χ2v) is 7.00. The standard InChI is InChI=1S/C18H25FN2O2/c1-20(2)16-12-18(23-13-16)6-8-21(9-7-18)17(22)11-14-4-3-5-15(19)10-14/h3-5,10,16H,6-9,11-13H2,1-2H3/t16-/m1/s1. The van der Waals surface area contributed by atoms with Crippen LogP contribution in [0.3, 0.4) is 0 Å². The average Bonchev–Trinajstić information content (AvgIpc) is 2.92. The number of carbonyl (C=O) groups excluding carboxylic acids is 1. The second-order valence-electron chi connectivity index (χ2n) is 7.00. The number of likely N-dealkylation sites (N-methyl/N-ethyl adjacent to an activating group) is 1. The number of halogens is 1. The van der Waals surface area contributed by atoms with Crippen LogP contribution in [-0.2, 0) is 16.0 Å². The Morgan fingerprint density at radius 1 is 1.39 bits per heavy atom. The molecule has 0 N–H and O–H groups in total. The van der Waals surface area contributed by atoms with Crippen LogP contribution in [0, 0.1) is 5.82 Å². The van der Waals surface area contributed by atoms with Crippen molar-refractivity contribution >= 4 is 5.91 Å². The maximum Gasteiger partial charge on any atom is 0.226 e. The predicted molar refractivity (Wildman–Crippen MR) is 86.7 cm³/mol. The minimum atomic E-state index is -0.290. The van der Waals surface area contributed by atoms with Gasteiger partial charge in [-0.2, -0.15) is 0 Å². The van der Waals surface area contributed by atoms with Gasteiger partial charge in [0.25, 0.3) is 0 Å². The first-order chi connectivity index (χ1) is 11.0. The van der Waals surface area contributed by atoms with E-state index in [0.29, 0.717) is 6.04 Å². The Bertz CT molecular complexity index is 568. The van der Waals surface area contributed by atoms with Crippen LogP contribution in [0.1, 0.15) is 24.8 Å². The fourth-order valence-electron chi connectivity index (χ4n) is 3.60. The minimum Gasteiger partial charge on any atom is -0.373 e. The van der Waals surface area contributed by atoms with Crippen LogP contribution >= 0.6 is 0 Å². The molecule has 0 unspecified atom stereocenters. The van der Waals surface area contributed by atoms with Gasteiger partial charge in [-0.1, -0.05) is 12.1 Å². The summed E-state index contributed by atoms with van der Waals surface area (Å²) in [5.74, 6) is -0.213. The summed E-state index contributed by atoms with van der Waals surface area (Å²) in [6.07, 6.45) is 3.11. The molecule has 4 nitrogen and oxygen atoms in total. The maximum absolute atomic E-state index is 13.2. The molecule has 1 aromatic carbocycles. The Hall–Kier alpha value is -1.46. The summed E-state index contributed by atoms with van der Waals surface area (Å²) in [6, 6.07) is 6.76. The Labute approximate surface area is 137 Å². The lowest BCUT2D eigenvalue weighted by molar-refractivity contribution is -0.135. The molecule has 1 spiro atoms. The number of piperidine rings is 1. The molecular weight excluding hydrogens is 295 g/mol. The van der Waals surface area contributed by atoms with Crippen molar-refractivity contribution in [3.05, 3.63) is 35.6 Å². The van der Waals surface area contributed by atoms with Crippen molar-refractivity contribution in [2.75, 3.05) is 33.8 Å². The van der Waals surface area contributed by atoms with Gasteiger partial charge in [0, 0.05) is 19.1 Å². The second kappa shape index (κ2) is 6.57. The lowest BCUT2D eigenvalue weighted by atomic mass is 9.87. The molecule has 2 heterocycles. The molecule has 2 saturated heterocycles. The summed E-state index contributed by atoms with van der Waals surface area (Å²) in [5, 5.41) is 0. The number of amides is 1. The smallest absolute Gasteiger partial charge is 0.226 e. The van der Waals surface area contributed by atoms with Gasteiger partial charge in [-0.15, -0.1) is 0 Å². The monoisotopic (exact) mass is 320 g/mol. The zero-order chi connectivity index (χ0) is 16.4. The third kappa shape index (κ3) is 3.72. The summed E-state index contributed by atoms with van der Waals surface area (Å²) >= 11 is 0. The van der Waals surface area contributed by atoms with Crippen LogP contribution in [0.4, 0.5) is 4.39 Å². The lowest BCUT2D eigenvalue weighted by Crippen LogP contribution is -2.47. The first-order valence-corrected chi connectivity index (χ1v) is 8.30. The van der Waals surface area contributed by atoms with Crippen LogP contribution in [-0.4, -0.2) is 61.1 Å². The van der Waals surface area contributed by atoms with Gasteiger partial charge in [-0.25, -0.2) is 4.39 Å². The molecule has 1 amide bonds. The van der Waals surface area contributed by atoms with Crippen molar-refractivity contribution < 1.29 is 13.9 Å². The van der Waals surface area contributed by atoms with E-state index in [0.717, 1.165) is 44.5 Å². The lowest BCUT2D eigenvalue weighted by Gasteiger charge is -2.39. The number of carbonyl (C=O) groups is 1. The van der Waals surface area contributed by atoms with Gasteiger partial charge in [0.2, 0.25) is 5.91 Å². The van der Waals surface area contributed by atoms with E-state index in [9.17, 15) is 9.18 Å². The number of benzene rings is 1. The van der Waals surface area contributed by atoms with E-state index in [4.69, 9.17) is 4.74 Å². The third-order valence-electron chi connectivity index (χ3n) is 5.19. The van der Waals surface area contributed by atoms with Gasteiger partial charge in [0.1, 0.15) is 5.82 Å². The van der Waals surface area contributed by atoms with Crippen molar-refractivity contribution in [2.24, 2.45) is 0 Å². The SMILES string of the molecule is CN(C)[C@H]1COC2(CCN(C(=O)Cc3cccc(F)c3)CC2)C1. The molecular formula is C18H25FN2O2. The quantitative estimate of drug-likeness (QED) is 0.855. The molecule has 2 aliphatic rings. The summed E-state index contributed by atoms with van der Waals surface area (Å²) in [4.78, 5) is 16.5. The Morgan fingerprint density at radius 2 is 2.13 bits per heavy atom. The highest BCUT2D eigenvalue weighted by atomic mass is 19.1. The number of likely N-dealkylation sites (tertiary alicyclic amines) is 1.